The highest BCUT2D eigenvalue weighted by Crippen LogP contribution is 2.08. The van der Waals surface area contributed by atoms with Crippen LogP contribution in [0.2, 0.25) is 0 Å². The van der Waals surface area contributed by atoms with Crippen LogP contribution in [0.4, 0.5) is 4.39 Å². The zero-order valence-electron chi connectivity index (χ0n) is 10.7. The molecule has 1 atom stereocenters. The Labute approximate surface area is 113 Å². The number of hydrogen-bond acceptors (Lipinski definition) is 2. The first-order chi connectivity index (χ1) is 8.04. The summed E-state index contributed by atoms with van der Waals surface area (Å²) in [5.74, 6) is -0.478. The van der Waals surface area contributed by atoms with Crippen molar-refractivity contribution in [1.29, 1.82) is 0 Å². The Morgan fingerprint density at radius 2 is 2.00 bits per heavy atom. The highest BCUT2D eigenvalue weighted by atomic mass is 35.5. The predicted octanol–water partition coefficient (Wildman–Crippen LogP) is 2.35. The van der Waals surface area contributed by atoms with Crippen LogP contribution in [-0.4, -0.2) is 18.5 Å². The van der Waals surface area contributed by atoms with Gasteiger partial charge in [-0.3, -0.25) is 4.79 Å². The molecular formula is C13H20ClFN2O. The fourth-order valence-electron chi connectivity index (χ4n) is 1.69. The van der Waals surface area contributed by atoms with Crippen LogP contribution in [0.3, 0.4) is 0 Å². The fraction of sp³-hybridized carbons (Fsp3) is 0.462. The molecule has 0 aromatic heterocycles. The van der Waals surface area contributed by atoms with Crippen LogP contribution < -0.4 is 11.1 Å². The third kappa shape index (κ3) is 5.02. The van der Waals surface area contributed by atoms with Crippen LogP contribution in [0, 0.1) is 11.7 Å². The topological polar surface area (TPSA) is 55.1 Å². The average Bonchev–Trinajstić information content (AvgIpc) is 2.27. The number of carbonyl (C=O) groups is 1. The fourth-order valence-corrected chi connectivity index (χ4v) is 1.69. The molecule has 1 unspecified atom stereocenters. The second-order valence-corrected chi connectivity index (χ2v) is 4.52. The summed E-state index contributed by atoms with van der Waals surface area (Å²) in [6.45, 7) is 4.47. The first kappa shape index (κ1) is 16.9. The van der Waals surface area contributed by atoms with Gasteiger partial charge < -0.3 is 11.1 Å². The van der Waals surface area contributed by atoms with Crippen molar-refractivity contribution >= 4 is 18.3 Å². The second kappa shape index (κ2) is 8.06. The van der Waals surface area contributed by atoms with E-state index in [1.807, 2.05) is 0 Å². The summed E-state index contributed by atoms with van der Waals surface area (Å²) in [5.41, 5.74) is 5.64. The van der Waals surface area contributed by atoms with Crippen LogP contribution in [0.15, 0.2) is 24.3 Å². The monoisotopic (exact) mass is 274 g/mol. The zero-order chi connectivity index (χ0) is 12.8. The SMILES string of the molecule is CC(C)CC(CN)NC(=O)c1ccccc1F.Cl. The second-order valence-electron chi connectivity index (χ2n) is 4.52. The van der Waals surface area contributed by atoms with E-state index in [0.717, 1.165) is 6.42 Å². The van der Waals surface area contributed by atoms with Gasteiger partial charge in [0.05, 0.1) is 5.56 Å². The molecule has 0 aliphatic carbocycles. The average molecular weight is 275 g/mol. The smallest absolute Gasteiger partial charge is 0.254 e. The third-order valence-corrected chi connectivity index (χ3v) is 2.49. The zero-order valence-corrected chi connectivity index (χ0v) is 11.5. The molecule has 5 heteroatoms. The highest BCUT2D eigenvalue weighted by Gasteiger charge is 2.16. The quantitative estimate of drug-likeness (QED) is 0.866. The summed E-state index contributed by atoms with van der Waals surface area (Å²) < 4.78 is 13.4. The van der Waals surface area contributed by atoms with E-state index in [2.05, 4.69) is 19.2 Å². The van der Waals surface area contributed by atoms with E-state index in [9.17, 15) is 9.18 Å². The predicted molar refractivity (Wildman–Crippen MR) is 73.4 cm³/mol. The van der Waals surface area contributed by atoms with Gasteiger partial charge in [-0.1, -0.05) is 26.0 Å². The van der Waals surface area contributed by atoms with Crippen LogP contribution in [0.1, 0.15) is 30.6 Å². The number of carbonyl (C=O) groups excluding carboxylic acids is 1. The molecule has 102 valence electrons. The molecule has 0 bridgehead atoms. The molecule has 0 saturated heterocycles. The van der Waals surface area contributed by atoms with Gasteiger partial charge in [-0.2, -0.15) is 0 Å². The molecule has 1 aromatic rings. The molecule has 1 aromatic carbocycles. The number of benzene rings is 1. The molecule has 0 heterocycles. The molecule has 0 aliphatic rings. The van der Waals surface area contributed by atoms with Crippen molar-refractivity contribution < 1.29 is 9.18 Å². The van der Waals surface area contributed by atoms with Gasteiger partial charge in [0.25, 0.3) is 5.91 Å². The normalized spacial score (nSPS) is 11.8. The molecule has 0 radical (unpaired) electrons. The molecule has 3 N–H and O–H groups in total. The van der Waals surface area contributed by atoms with Crippen molar-refractivity contribution in [3.05, 3.63) is 35.6 Å². The summed E-state index contributed by atoms with van der Waals surface area (Å²) in [7, 11) is 0. The number of halogens is 2. The van der Waals surface area contributed by atoms with E-state index < -0.39 is 11.7 Å². The van der Waals surface area contributed by atoms with Gasteiger partial charge >= 0.3 is 0 Å². The Morgan fingerprint density at radius 3 is 2.50 bits per heavy atom. The number of rotatable bonds is 5. The lowest BCUT2D eigenvalue weighted by Crippen LogP contribution is -2.41. The van der Waals surface area contributed by atoms with E-state index >= 15 is 0 Å². The van der Waals surface area contributed by atoms with E-state index in [1.54, 1.807) is 12.1 Å². The molecule has 1 rings (SSSR count). The Kier molecular flexibility index (Phi) is 7.55. The number of nitrogens with one attached hydrogen (secondary N) is 1. The van der Waals surface area contributed by atoms with Crippen LogP contribution in [-0.2, 0) is 0 Å². The summed E-state index contributed by atoms with van der Waals surface area (Å²) in [6, 6.07) is 5.82. The van der Waals surface area contributed by atoms with Crippen molar-refractivity contribution in [2.45, 2.75) is 26.3 Å². The van der Waals surface area contributed by atoms with E-state index in [0.29, 0.717) is 12.5 Å². The highest BCUT2D eigenvalue weighted by molar-refractivity contribution is 5.94. The minimum absolute atomic E-state index is 0. The van der Waals surface area contributed by atoms with E-state index in [1.165, 1.54) is 12.1 Å². The van der Waals surface area contributed by atoms with Gasteiger partial charge in [-0.05, 0) is 24.5 Å². The first-order valence-corrected chi connectivity index (χ1v) is 5.80. The standard InChI is InChI=1S/C13H19FN2O.ClH/c1-9(2)7-10(8-15)16-13(17)11-5-3-4-6-12(11)14;/h3-6,9-10H,7-8,15H2,1-2H3,(H,16,17);1H. The van der Waals surface area contributed by atoms with Gasteiger partial charge in [0, 0.05) is 12.6 Å². The Morgan fingerprint density at radius 1 is 1.39 bits per heavy atom. The molecule has 0 spiro atoms. The third-order valence-electron chi connectivity index (χ3n) is 2.49. The van der Waals surface area contributed by atoms with Gasteiger partial charge in [0.1, 0.15) is 5.82 Å². The van der Waals surface area contributed by atoms with Crippen LogP contribution >= 0.6 is 12.4 Å². The summed E-state index contributed by atoms with van der Waals surface area (Å²) in [4.78, 5) is 11.8. The summed E-state index contributed by atoms with van der Waals surface area (Å²) >= 11 is 0. The van der Waals surface area contributed by atoms with Crippen molar-refractivity contribution in [3.63, 3.8) is 0 Å². The Hall–Kier alpha value is -1.13. The summed E-state index contributed by atoms with van der Waals surface area (Å²) in [5, 5.41) is 2.75. The van der Waals surface area contributed by atoms with E-state index in [-0.39, 0.29) is 24.0 Å². The maximum absolute atomic E-state index is 13.4. The molecule has 1 amide bonds. The Balaban J connectivity index is 0.00000289. The van der Waals surface area contributed by atoms with E-state index in [4.69, 9.17) is 5.73 Å². The maximum atomic E-state index is 13.4. The largest absolute Gasteiger partial charge is 0.348 e. The molecule has 0 fully saturated rings. The van der Waals surface area contributed by atoms with Crippen molar-refractivity contribution in [3.8, 4) is 0 Å². The molecule has 3 nitrogen and oxygen atoms in total. The van der Waals surface area contributed by atoms with Gasteiger partial charge in [0.15, 0.2) is 0 Å². The van der Waals surface area contributed by atoms with Gasteiger partial charge in [-0.25, -0.2) is 4.39 Å². The maximum Gasteiger partial charge on any atom is 0.254 e. The molecular weight excluding hydrogens is 255 g/mol. The molecule has 18 heavy (non-hydrogen) atoms. The number of nitrogens with two attached hydrogens (primary N) is 1. The number of hydrogen-bond donors (Lipinski definition) is 2. The lowest BCUT2D eigenvalue weighted by atomic mass is 10.0. The minimum atomic E-state index is -0.509. The van der Waals surface area contributed by atoms with Crippen LogP contribution in [0.25, 0.3) is 0 Å². The number of amides is 1. The van der Waals surface area contributed by atoms with Crippen molar-refractivity contribution in [2.75, 3.05) is 6.54 Å². The first-order valence-electron chi connectivity index (χ1n) is 5.80. The van der Waals surface area contributed by atoms with Gasteiger partial charge in [-0.15, -0.1) is 12.4 Å². The van der Waals surface area contributed by atoms with Crippen molar-refractivity contribution in [1.82, 2.24) is 5.32 Å². The lowest BCUT2D eigenvalue weighted by molar-refractivity contribution is 0.0929. The Bertz CT molecular complexity index is 385. The minimum Gasteiger partial charge on any atom is -0.348 e. The lowest BCUT2D eigenvalue weighted by Gasteiger charge is -2.18. The van der Waals surface area contributed by atoms with Gasteiger partial charge in [0.2, 0.25) is 0 Å². The van der Waals surface area contributed by atoms with Crippen molar-refractivity contribution in [2.24, 2.45) is 11.7 Å². The summed E-state index contributed by atoms with van der Waals surface area (Å²) in [6.07, 6.45) is 0.788. The van der Waals surface area contributed by atoms with Crippen LogP contribution in [0.5, 0.6) is 0 Å². The molecule has 0 aliphatic heterocycles. The molecule has 0 saturated carbocycles.